The third-order valence-electron chi connectivity index (χ3n) is 2.08. The van der Waals surface area contributed by atoms with E-state index in [2.05, 4.69) is 26.1 Å². The SMILES string of the molecule is CCCOCCCCC(C)NCC. The first-order chi connectivity index (χ1) is 6.31. The zero-order valence-electron chi connectivity index (χ0n) is 9.44. The standard InChI is InChI=1S/C11H25NO/c1-4-9-13-10-7-6-8-11(3)12-5-2/h11-12H,4-10H2,1-3H3. The fourth-order valence-corrected chi connectivity index (χ4v) is 1.35. The molecular formula is C11H25NO. The summed E-state index contributed by atoms with van der Waals surface area (Å²) in [6.07, 6.45) is 4.88. The van der Waals surface area contributed by atoms with Gasteiger partial charge in [-0.15, -0.1) is 0 Å². The summed E-state index contributed by atoms with van der Waals surface area (Å²) < 4.78 is 5.40. The van der Waals surface area contributed by atoms with E-state index in [4.69, 9.17) is 4.74 Å². The predicted octanol–water partition coefficient (Wildman–Crippen LogP) is 2.58. The zero-order chi connectivity index (χ0) is 9.94. The van der Waals surface area contributed by atoms with Crippen LogP contribution in [0.1, 0.15) is 46.5 Å². The molecule has 0 aliphatic rings. The Labute approximate surface area is 83.1 Å². The van der Waals surface area contributed by atoms with E-state index in [0.29, 0.717) is 6.04 Å². The monoisotopic (exact) mass is 187 g/mol. The van der Waals surface area contributed by atoms with Gasteiger partial charge in [0, 0.05) is 19.3 Å². The topological polar surface area (TPSA) is 21.3 Å². The molecule has 0 saturated heterocycles. The maximum Gasteiger partial charge on any atom is 0.0466 e. The summed E-state index contributed by atoms with van der Waals surface area (Å²) in [5.74, 6) is 0. The highest BCUT2D eigenvalue weighted by atomic mass is 16.5. The van der Waals surface area contributed by atoms with E-state index in [1.54, 1.807) is 0 Å². The average Bonchev–Trinajstić information content (AvgIpc) is 2.11. The normalized spacial score (nSPS) is 13.2. The highest BCUT2D eigenvalue weighted by Gasteiger charge is 1.98. The molecule has 0 rings (SSSR count). The molecule has 1 N–H and O–H groups in total. The molecule has 1 atom stereocenters. The van der Waals surface area contributed by atoms with Crippen LogP contribution in [-0.4, -0.2) is 25.8 Å². The predicted molar refractivity (Wildman–Crippen MR) is 58.1 cm³/mol. The van der Waals surface area contributed by atoms with Crippen LogP contribution in [0, 0.1) is 0 Å². The van der Waals surface area contributed by atoms with Gasteiger partial charge in [0.1, 0.15) is 0 Å². The Balaban J connectivity index is 2.97. The molecular weight excluding hydrogens is 162 g/mol. The Morgan fingerprint density at radius 3 is 2.54 bits per heavy atom. The van der Waals surface area contributed by atoms with Gasteiger partial charge in [0.05, 0.1) is 0 Å². The van der Waals surface area contributed by atoms with Crippen molar-refractivity contribution in [1.82, 2.24) is 5.32 Å². The fourth-order valence-electron chi connectivity index (χ4n) is 1.35. The largest absolute Gasteiger partial charge is 0.381 e. The number of ether oxygens (including phenoxy) is 1. The molecule has 0 fully saturated rings. The molecule has 0 spiro atoms. The number of nitrogens with one attached hydrogen (secondary N) is 1. The van der Waals surface area contributed by atoms with Crippen LogP contribution in [0.5, 0.6) is 0 Å². The summed E-state index contributed by atoms with van der Waals surface area (Å²) in [5, 5.41) is 3.41. The Morgan fingerprint density at radius 1 is 1.15 bits per heavy atom. The molecule has 0 bridgehead atoms. The lowest BCUT2D eigenvalue weighted by Gasteiger charge is -2.11. The molecule has 0 aliphatic heterocycles. The Kier molecular flexibility index (Phi) is 9.94. The molecule has 0 amide bonds. The van der Waals surface area contributed by atoms with Crippen LogP contribution in [-0.2, 0) is 4.74 Å². The summed E-state index contributed by atoms with van der Waals surface area (Å²) in [5.41, 5.74) is 0. The lowest BCUT2D eigenvalue weighted by molar-refractivity contribution is 0.130. The quantitative estimate of drug-likeness (QED) is 0.560. The molecule has 0 aromatic heterocycles. The number of unbranched alkanes of at least 4 members (excludes halogenated alkanes) is 1. The summed E-state index contributed by atoms with van der Waals surface area (Å²) in [7, 11) is 0. The fraction of sp³-hybridized carbons (Fsp3) is 1.00. The third kappa shape index (κ3) is 9.84. The lowest BCUT2D eigenvalue weighted by atomic mass is 10.1. The first-order valence-corrected chi connectivity index (χ1v) is 5.62. The van der Waals surface area contributed by atoms with Crippen molar-refractivity contribution < 1.29 is 4.74 Å². The van der Waals surface area contributed by atoms with Gasteiger partial charge < -0.3 is 10.1 Å². The van der Waals surface area contributed by atoms with E-state index in [-0.39, 0.29) is 0 Å². The maximum absolute atomic E-state index is 5.40. The van der Waals surface area contributed by atoms with E-state index in [1.165, 1.54) is 19.3 Å². The van der Waals surface area contributed by atoms with Gasteiger partial charge in [-0.05, 0) is 39.2 Å². The lowest BCUT2D eigenvalue weighted by Crippen LogP contribution is -2.25. The van der Waals surface area contributed by atoms with Crippen molar-refractivity contribution in [3.05, 3.63) is 0 Å². The highest BCUT2D eigenvalue weighted by molar-refractivity contribution is 4.58. The van der Waals surface area contributed by atoms with Crippen LogP contribution in [0.2, 0.25) is 0 Å². The van der Waals surface area contributed by atoms with Crippen molar-refractivity contribution in [3.63, 3.8) is 0 Å². The van der Waals surface area contributed by atoms with Gasteiger partial charge in [0.15, 0.2) is 0 Å². The van der Waals surface area contributed by atoms with Gasteiger partial charge in [-0.25, -0.2) is 0 Å². The Bertz CT molecular complexity index is 96.1. The second kappa shape index (κ2) is 10.0. The zero-order valence-corrected chi connectivity index (χ0v) is 9.44. The number of rotatable bonds is 9. The van der Waals surface area contributed by atoms with Crippen molar-refractivity contribution in [2.24, 2.45) is 0 Å². The highest BCUT2D eigenvalue weighted by Crippen LogP contribution is 2.00. The van der Waals surface area contributed by atoms with Crippen LogP contribution in [0.3, 0.4) is 0 Å². The minimum absolute atomic E-state index is 0.663. The third-order valence-corrected chi connectivity index (χ3v) is 2.08. The molecule has 13 heavy (non-hydrogen) atoms. The summed E-state index contributed by atoms with van der Waals surface area (Å²) in [6.45, 7) is 9.48. The molecule has 0 aromatic rings. The maximum atomic E-state index is 5.40. The minimum atomic E-state index is 0.663. The second-order valence-electron chi connectivity index (χ2n) is 3.57. The van der Waals surface area contributed by atoms with E-state index in [1.807, 2.05) is 0 Å². The molecule has 1 unspecified atom stereocenters. The van der Waals surface area contributed by atoms with E-state index < -0.39 is 0 Å². The van der Waals surface area contributed by atoms with Crippen LogP contribution in [0.25, 0.3) is 0 Å². The van der Waals surface area contributed by atoms with Gasteiger partial charge in [0.2, 0.25) is 0 Å². The van der Waals surface area contributed by atoms with Crippen molar-refractivity contribution in [1.29, 1.82) is 0 Å². The smallest absolute Gasteiger partial charge is 0.0466 e. The molecule has 2 heteroatoms. The van der Waals surface area contributed by atoms with Crippen LogP contribution in [0.4, 0.5) is 0 Å². The summed E-state index contributed by atoms with van der Waals surface area (Å²) >= 11 is 0. The summed E-state index contributed by atoms with van der Waals surface area (Å²) in [4.78, 5) is 0. The molecule has 0 radical (unpaired) electrons. The van der Waals surface area contributed by atoms with Gasteiger partial charge in [-0.1, -0.05) is 13.8 Å². The number of hydrogen-bond donors (Lipinski definition) is 1. The minimum Gasteiger partial charge on any atom is -0.381 e. The molecule has 80 valence electrons. The van der Waals surface area contributed by atoms with Crippen LogP contribution < -0.4 is 5.32 Å². The second-order valence-corrected chi connectivity index (χ2v) is 3.57. The first-order valence-electron chi connectivity index (χ1n) is 5.62. The Hall–Kier alpha value is -0.0800. The first kappa shape index (κ1) is 12.9. The molecule has 0 heterocycles. The molecule has 2 nitrogen and oxygen atoms in total. The average molecular weight is 187 g/mol. The van der Waals surface area contributed by atoms with E-state index in [9.17, 15) is 0 Å². The van der Waals surface area contributed by atoms with E-state index in [0.717, 1.165) is 26.2 Å². The van der Waals surface area contributed by atoms with Crippen molar-refractivity contribution in [3.8, 4) is 0 Å². The molecule has 0 aromatic carbocycles. The Morgan fingerprint density at radius 2 is 1.92 bits per heavy atom. The van der Waals surface area contributed by atoms with Gasteiger partial charge in [-0.2, -0.15) is 0 Å². The van der Waals surface area contributed by atoms with E-state index >= 15 is 0 Å². The van der Waals surface area contributed by atoms with Crippen LogP contribution in [0.15, 0.2) is 0 Å². The summed E-state index contributed by atoms with van der Waals surface area (Å²) in [6, 6.07) is 0.663. The van der Waals surface area contributed by atoms with Crippen molar-refractivity contribution in [2.75, 3.05) is 19.8 Å². The van der Waals surface area contributed by atoms with Crippen molar-refractivity contribution in [2.45, 2.75) is 52.5 Å². The van der Waals surface area contributed by atoms with Gasteiger partial charge in [0.25, 0.3) is 0 Å². The van der Waals surface area contributed by atoms with Gasteiger partial charge in [-0.3, -0.25) is 0 Å². The number of hydrogen-bond acceptors (Lipinski definition) is 2. The van der Waals surface area contributed by atoms with Gasteiger partial charge >= 0.3 is 0 Å². The van der Waals surface area contributed by atoms with Crippen molar-refractivity contribution >= 4 is 0 Å². The molecule has 0 saturated carbocycles. The van der Waals surface area contributed by atoms with Crippen LogP contribution >= 0.6 is 0 Å². The molecule has 0 aliphatic carbocycles.